The van der Waals surface area contributed by atoms with Crippen molar-refractivity contribution in [1.29, 1.82) is 0 Å². The van der Waals surface area contributed by atoms with Gasteiger partial charge in [-0.05, 0) is 36.8 Å². The van der Waals surface area contributed by atoms with E-state index in [1.165, 1.54) is 49.9 Å². The number of carbonyl (C=O) groups is 2. The number of nitrogens with one attached hydrogen (secondary N) is 1. The number of Topliss-reactive ketones (excluding diaryl/α,β-unsaturated/α-hetero) is 1. The lowest BCUT2D eigenvalue weighted by atomic mass is 10.0. The van der Waals surface area contributed by atoms with E-state index in [1.807, 2.05) is 0 Å². The van der Waals surface area contributed by atoms with E-state index in [1.54, 1.807) is 24.3 Å². The predicted molar refractivity (Wildman–Crippen MR) is 121 cm³/mol. The molecule has 0 radical (unpaired) electrons. The fourth-order valence-electron chi connectivity index (χ4n) is 3.79. The number of aromatic hydroxyl groups is 1. The Morgan fingerprint density at radius 1 is 0.935 bits per heavy atom. The van der Waals surface area contributed by atoms with Crippen LogP contribution in [0.25, 0.3) is 10.9 Å². The monoisotopic (exact) mass is 424 g/mol. The first-order valence-electron chi connectivity index (χ1n) is 11.0. The molecule has 0 saturated heterocycles. The van der Waals surface area contributed by atoms with Gasteiger partial charge in [-0.3, -0.25) is 4.79 Å². The van der Waals surface area contributed by atoms with E-state index in [4.69, 9.17) is 0 Å². The molecule has 0 bridgehead atoms. The van der Waals surface area contributed by atoms with Gasteiger partial charge >= 0.3 is 6.03 Å². The van der Waals surface area contributed by atoms with Crippen molar-refractivity contribution in [2.75, 3.05) is 5.32 Å². The molecule has 0 saturated carbocycles. The molecule has 0 fully saturated rings. The summed E-state index contributed by atoms with van der Waals surface area (Å²) in [5.74, 6) is -0.949. The van der Waals surface area contributed by atoms with Crippen molar-refractivity contribution in [1.82, 2.24) is 4.57 Å². The van der Waals surface area contributed by atoms with Gasteiger partial charge in [-0.1, -0.05) is 63.6 Å². The molecule has 5 nitrogen and oxygen atoms in total. The number of aromatic nitrogens is 1. The van der Waals surface area contributed by atoms with E-state index in [-0.39, 0.29) is 17.2 Å². The summed E-state index contributed by atoms with van der Waals surface area (Å²) in [4.78, 5) is 25.7. The number of anilines is 1. The summed E-state index contributed by atoms with van der Waals surface area (Å²) in [6, 6.07) is 11.7. The maximum atomic E-state index is 13.1. The number of benzene rings is 2. The highest BCUT2D eigenvalue weighted by atomic mass is 19.1. The first-order chi connectivity index (χ1) is 15.0. The Labute approximate surface area is 181 Å². The van der Waals surface area contributed by atoms with E-state index >= 15 is 0 Å². The number of ketones is 1. The van der Waals surface area contributed by atoms with Gasteiger partial charge in [0.1, 0.15) is 5.82 Å². The minimum atomic E-state index is -0.615. The molecule has 3 rings (SSSR count). The average Bonchev–Trinajstić information content (AvgIpc) is 3.06. The third kappa shape index (κ3) is 5.51. The van der Waals surface area contributed by atoms with Gasteiger partial charge in [0.15, 0.2) is 5.78 Å². The predicted octanol–water partition coefficient (Wildman–Crippen LogP) is 6.89. The highest BCUT2D eigenvalue weighted by Crippen LogP contribution is 2.33. The minimum Gasteiger partial charge on any atom is -0.494 e. The Balaban J connectivity index is 1.75. The lowest BCUT2D eigenvalue weighted by Gasteiger charge is -2.08. The van der Waals surface area contributed by atoms with Gasteiger partial charge in [0.05, 0.1) is 11.1 Å². The van der Waals surface area contributed by atoms with Gasteiger partial charge in [0.25, 0.3) is 0 Å². The molecule has 1 aromatic heterocycles. The normalized spacial score (nSPS) is 11.0. The molecule has 6 heteroatoms. The number of hydrogen-bond acceptors (Lipinski definition) is 3. The summed E-state index contributed by atoms with van der Waals surface area (Å²) in [7, 11) is 0. The summed E-state index contributed by atoms with van der Waals surface area (Å²) in [6.45, 7) is 2.18. The zero-order valence-corrected chi connectivity index (χ0v) is 17.9. The smallest absolute Gasteiger partial charge is 0.333 e. The van der Waals surface area contributed by atoms with Crippen molar-refractivity contribution in [3.63, 3.8) is 0 Å². The molecular formula is C25H29FN2O3. The van der Waals surface area contributed by atoms with Crippen LogP contribution in [0.1, 0.15) is 68.6 Å². The number of unbranched alkanes of at least 4 members (excludes halogenated alkanes) is 6. The van der Waals surface area contributed by atoms with Crippen LogP contribution in [0.5, 0.6) is 5.88 Å². The maximum absolute atomic E-state index is 13.1. The Morgan fingerprint density at radius 3 is 2.29 bits per heavy atom. The number of nitrogens with zero attached hydrogens (tertiary/aromatic N) is 1. The van der Waals surface area contributed by atoms with Crippen LogP contribution >= 0.6 is 0 Å². The molecular weight excluding hydrogens is 395 g/mol. The molecule has 1 amide bonds. The molecule has 3 aromatic rings. The number of halogens is 1. The molecule has 0 aliphatic heterocycles. The number of amides is 1. The van der Waals surface area contributed by atoms with E-state index in [0.717, 1.165) is 23.8 Å². The molecule has 0 aliphatic carbocycles. The van der Waals surface area contributed by atoms with Gasteiger partial charge in [0.2, 0.25) is 5.88 Å². The van der Waals surface area contributed by atoms with Crippen LogP contribution in [0.2, 0.25) is 0 Å². The standard InChI is InChI=1S/C25H29FN2O3/c1-2-3-4-5-6-7-8-13-22(29)23-20-11-9-10-12-21(20)28(24(23)30)25(31)27-19-16-14-18(26)15-17-19/h9-12,14-17,30H,2-8,13H2,1H3,(H,27,31). The van der Waals surface area contributed by atoms with E-state index in [0.29, 0.717) is 23.0 Å². The van der Waals surface area contributed by atoms with Gasteiger partial charge in [-0.2, -0.15) is 0 Å². The third-order valence-corrected chi connectivity index (χ3v) is 5.43. The first-order valence-corrected chi connectivity index (χ1v) is 11.0. The number of fused-ring (bicyclic) bond motifs is 1. The number of hydrogen-bond donors (Lipinski definition) is 2. The van der Waals surface area contributed by atoms with E-state index < -0.39 is 11.8 Å². The summed E-state index contributed by atoms with van der Waals surface area (Å²) in [6.07, 6.45) is 8.00. The first kappa shape index (κ1) is 22.5. The minimum absolute atomic E-state index is 0.171. The van der Waals surface area contributed by atoms with Gasteiger partial charge in [0, 0.05) is 17.5 Å². The van der Waals surface area contributed by atoms with Crippen molar-refractivity contribution >= 4 is 28.4 Å². The van der Waals surface area contributed by atoms with Crippen molar-refractivity contribution < 1.29 is 19.1 Å². The van der Waals surface area contributed by atoms with Crippen LogP contribution in [0.15, 0.2) is 48.5 Å². The second kappa shape index (κ2) is 10.8. The molecule has 0 aliphatic rings. The average molecular weight is 425 g/mol. The molecule has 164 valence electrons. The lowest BCUT2D eigenvalue weighted by Crippen LogP contribution is -2.19. The molecule has 0 atom stereocenters. The molecule has 0 spiro atoms. The van der Waals surface area contributed by atoms with Gasteiger partial charge in [-0.15, -0.1) is 0 Å². The van der Waals surface area contributed by atoms with E-state index in [9.17, 15) is 19.1 Å². The van der Waals surface area contributed by atoms with Crippen molar-refractivity contribution in [2.45, 2.75) is 58.3 Å². The Morgan fingerprint density at radius 2 is 1.58 bits per heavy atom. The zero-order valence-electron chi connectivity index (χ0n) is 17.9. The second-order valence-electron chi connectivity index (χ2n) is 7.78. The summed E-state index contributed by atoms with van der Waals surface area (Å²) < 4.78 is 14.2. The topological polar surface area (TPSA) is 71.3 Å². The number of rotatable bonds is 10. The van der Waals surface area contributed by atoms with Crippen LogP contribution in [-0.2, 0) is 0 Å². The van der Waals surface area contributed by atoms with Crippen molar-refractivity contribution in [2.24, 2.45) is 0 Å². The third-order valence-electron chi connectivity index (χ3n) is 5.43. The summed E-state index contributed by atoms with van der Waals surface area (Å²) >= 11 is 0. The number of para-hydroxylation sites is 1. The van der Waals surface area contributed by atoms with Gasteiger partial charge in [-0.25, -0.2) is 13.8 Å². The van der Waals surface area contributed by atoms with Crippen LogP contribution in [0.3, 0.4) is 0 Å². The Kier molecular flexibility index (Phi) is 7.82. The van der Waals surface area contributed by atoms with Crippen LogP contribution in [0, 0.1) is 5.82 Å². The molecule has 31 heavy (non-hydrogen) atoms. The highest BCUT2D eigenvalue weighted by Gasteiger charge is 2.25. The summed E-state index contributed by atoms with van der Waals surface area (Å²) in [5.41, 5.74) is 1.01. The lowest BCUT2D eigenvalue weighted by molar-refractivity contribution is 0.0978. The van der Waals surface area contributed by atoms with Gasteiger partial charge < -0.3 is 10.4 Å². The fraction of sp³-hybridized carbons (Fsp3) is 0.360. The van der Waals surface area contributed by atoms with Crippen molar-refractivity contribution in [3.05, 3.63) is 59.9 Å². The second-order valence-corrected chi connectivity index (χ2v) is 7.78. The highest BCUT2D eigenvalue weighted by molar-refractivity contribution is 6.14. The maximum Gasteiger partial charge on any atom is 0.333 e. The van der Waals surface area contributed by atoms with Crippen molar-refractivity contribution in [3.8, 4) is 5.88 Å². The van der Waals surface area contributed by atoms with E-state index in [2.05, 4.69) is 12.2 Å². The molecule has 1 heterocycles. The molecule has 2 aromatic carbocycles. The fourth-order valence-corrected chi connectivity index (χ4v) is 3.79. The SMILES string of the molecule is CCCCCCCCCC(=O)c1c(O)n(C(=O)Nc2ccc(F)cc2)c2ccccc12. The summed E-state index contributed by atoms with van der Waals surface area (Å²) in [5, 5.41) is 14.0. The largest absolute Gasteiger partial charge is 0.494 e. The zero-order chi connectivity index (χ0) is 22.2. The molecule has 2 N–H and O–H groups in total. The quantitative estimate of drug-likeness (QED) is 0.275. The number of carbonyl (C=O) groups excluding carboxylic acids is 2. The Hall–Kier alpha value is -3.15. The van der Waals surface area contributed by atoms with Crippen LogP contribution < -0.4 is 5.32 Å². The van der Waals surface area contributed by atoms with Crippen LogP contribution in [-0.4, -0.2) is 21.5 Å². The molecule has 0 unspecified atom stereocenters. The Bertz CT molecular complexity index is 1040. The van der Waals surface area contributed by atoms with Crippen LogP contribution in [0.4, 0.5) is 14.9 Å².